The van der Waals surface area contributed by atoms with E-state index >= 15 is 0 Å². The second kappa shape index (κ2) is 5.88. The summed E-state index contributed by atoms with van der Waals surface area (Å²) in [6, 6.07) is 0.523. The van der Waals surface area contributed by atoms with Crippen molar-refractivity contribution in [1.29, 1.82) is 0 Å². The number of nitrogens with two attached hydrogens (primary N) is 1. The molecule has 1 unspecified atom stereocenters. The number of hydrogen-bond acceptors (Lipinski definition) is 4. The fraction of sp³-hybridized carbons (Fsp3) is 0.364. The molecule has 0 aromatic heterocycles. The number of hydrogen-bond donors (Lipinski definition) is 3. The number of aromatic hydroxyl groups is 1. The van der Waals surface area contributed by atoms with Crippen LogP contribution >= 0.6 is 11.6 Å². The number of phenolic OH excluding ortho intramolecular Hbond substituents is 1. The Kier molecular flexibility index (Phi) is 4.75. The van der Waals surface area contributed by atoms with Gasteiger partial charge >= 0.3 is 5.97 Å². The Balaban J connectivity index is 3.11. The number of aliphatic carboxylic acids is 1. The van der Waals surface area contributed by atoms with E-state index in [-0.39, 0.29) is 29.2 Å². The molecule has 0 bridgehead atoms. The highest BCUT2D eigenvalue weighted by Gasteiger charge is 2.22. The van der Waals surface area contributed by atoms with E-state index in [4.69, 9.17) is 27.2 Å². The Morgan fingerprint density at radius 2 is 2.28 bits per heavy atom. The van der Waals surface area contributed by atoms with Gasteiger partial charge in [-0.25, -0.2) is 0 Å². The molecule has 1 aromatic rings. The van der Waals surface area contributed by atoms with Crippen LogP contribution in [-0.4, -0.2) is 23.3 Å². The van der Waals surface area contributed by atoms with E-state index in [0.29, 0.717) is 0 Å². The third-order valence-electron chi connectivity index (χ3n) is 2.45. The van der Waals surface area contributed by atoms with Crippen molar-refractivity contribution in [1.82, 2.24) is 0 Å². The molecule has 5 nitrogen and oxygen atoms in total. The fourth-order valence-electron chi connectivity index (χ4n) is 1.53. The predicted octanol–water partition coefficient (Wildman–Crippen LogP) is 2.06. The lowest BCUT2D eigenvalue weighted by Crippen LogP contribution is -2.14. The third-order valence-corrected chi connectivity index (χ3v) is 2.74. The van der Waals surface area contributed by atoms with Crippen LogP contribution in [0.25, 0.3) is 0 Å². The topological polar surface area (TPSA) is 92.8 Å². The molecule has 0 aliphatic rings. The molecule has 1 rings (SSSR count). The molecule has 1 aromatic carbocycles. The summed E-state index contributed by atoms with van der Waals surface area (Å²) in [6.45, 7) is 0. The number of benzene rings is 1. The Morgan fingerprint density at radius 3 is 2.78 bits per heavy atom. The number of methoxy groups -OCH3 is 1. The van der Waals surface area contributed by atoms with Crippen LogP contribution in [-0.2, 0) is 4.79 Å². The zero-order valence-corrected chi connectivity index (χ0v) is 10.4. The maximum Gasteiger partial charge on any atom is 0.303 e. The molecule has 0 spiro atoms. The van der Waals surface area contributed by atoms with Crippen LogP contribution in [0.1, 0.15) is 24.4 Å². The Labute approximate surface area is 108 Å². The first-order valence-corrected chi connectivity index (χ1v) is 5.48. The third kappa shape index (κ3) is 3.02. The average molecular weight is 278 g/mol. The zero-order chi connectivity index (χ0) is 13.9. The number of halogens is 2. The van der Waals surface area contributed by atoms with Gasteiger partial charge in [0.15, 0.2) is 11.5 Å². The fourth-order valence-corrected chi connectivity index (χ4v) is 1.73. The smallest absolute Gasteiger partial charge is 0.303 e. The Hall–Kier alpha value is -1.53. The number of carbonyl (C=O) groups is 1. The van der Waals surface area contributed by atoms with Crippen molar-refractivity contribution in [2.45, 2.75) is 18.9 Å². The zero-order valence-electron chi connectivity index (χ0n) is 9.61. The Bertz CT molecular complexity index is 467. The summed E-state index contributed by atoms with van der Waals surface area (Å²) < 4.78 is 18.5. The lowest BCUT2D eigenvalue weighted by Gasteiger charge is -2.16. The summed E-state index contributed by atoms with van der Waals surface area (Å²) >= 11 is 5.64. The van der Waals surface area contributed by atoms with Crippen LogP contribution in [0.5, 0.6) is 11.5 Å². The lowest BCUT2D eigenvalue weighted by molar-refractivity contribution is -0.137. The van der Waals surface area contributed by atoms with Gasteiger partial charge in [0.2, 0.25) is 5.82 Å². The highest BCUT2D eigenvalue weighted by atomic mass is 35.5. The van der Waals surface area contributed by atoms with Gasteiger partial charge in [-0.05, 0) is 12.5 Å². The van der Waals surface area contributed by atoms with Crippen molar-refractivity contribution in [3.8, 4) is 11.5 Å². The van der Waals surface area contributed by atoms with Crippen molar-refractivity contribution in [2.24, 2.45) is 5.73 Å². The van der Waals surface area contributed by atoms with E-state index in [2.05, 4.69) is 0 Å². The molecule has 18 heavy (non-hydrogen) atoms. The molecule has 1 atom stereocenters. The van der Waals surface area contributed by atoms with E-state index in [1.807, 2.05) is 0 Å². The molecule has 4 N–H and O–H groups in total. The first-order chi connectivity index (χ1) is 8.38. The first kappa shape index (κ1) is 14.5. The molecule has 100 valence electrons. The predicted molar refractivity (Wildman–Crippen MR) is 63.4 cm³/mol. The van der Waals surface area contributed by atoms with Gasteiger partial charge in [-0.3, -0.25) is 4.79 Å². The normalized spacial score (nSPS) is 12.2. The summed E-state index contributed by atoms with van der Waals surface area (Å²) in [5.74, 6) is -2.96. The van der Waals surface area contributed by atoms with Gasteiger partial charge in [-0.15, -0.1) is 0 Å². The van der Waals surface area contributed by atoms with Gasteiger partial charge in [0.05, 0.1) is 12.1 Å². The molecular weight excluding hydrogens is 265 g/mol. The van der Waals surface area contributed by atoms with Gasteiger partial charge in [0.1, 0.15) is 0 Å². The van der Waals surface area contributed by atoms with Crippen LogP contribution < -0.4 is 10.5 Å². The SMILES string of the molecule is COc1c(C(N)CCC(=O)O)cc(Cl)c(O)c1F. The van der Waals surface area contributed by atoms with Gasteiger partial charge in [0.25, 0.3) is 0 Å². The standard InChI is InChI=1S/C11H13ClFNO4/c1-18-11-5(7(14)2-3-8(15)16)4-6(12)10(17)9(11)13/h4,7,17H,2-3,14H2,1H3,(H,15,16). The molecule has 0 aliphatic heterocycles. The van der Waals surface area contributed by atoms with E-state index in [0.717, 1.165) is 0 Å². The summed E-state index contributed by atoms with van der Waals surface area (Å²) in [5, 5.41) is 17.7. The summed E-state index contributed by atoms with van der Waals surface area (Å²) in [5.41, 5.74) is 5.98. The molecule has 0 aliphatic carbocycles. The van der Waals surface area contributed by atoms with Crippen LogP contribution in [0.15, 0.2) is 6.07 Å². The minimum absolute atomic E-state index is 0.103. The first-order valence-electron chi connectivity index (χ1n) is 5.10. The van der Waals surface area contributed by atoms with Crippen molar-refractivity contribution in [2.75, 3.05) is 7.11 Å². The minimum Gasteiger partial charge on any atom is -0.504 e. The summed E-state index contributed by atoms with van der Waals surface area (Å²) in [6.07, 6.45) is -0.0589. The monoisotopic (exact) mass is 277 g/mol. The van der Waals surface area contributed by atoms with Gasteiger partial charge < -0.3 is 20.7 Å². The minimum atomic E-state index is -1.01. The maximum atomic E-state index is 13.7. The number of phenols is 1. The van der Waals surface area contributed by atoms with Crippen LogP contribution in [0.4, 0.5) is 4.39 Å². The lowest BCUT2D eigenvalue weighted by atomic mass is 10.0. The second-order valence-electron chi connectivity index (χ2n) is 3.68. The largest absolute Gasteiger partial charge is 0.504 e. The number of carboxylic acid groups (broad SMARTS) is 1. The molecule has 0 amide bonds. The molecule has 0 heterocycles. The van der Waals surface area contributed by atoms with Crippen LogP contribution in [0.3, 0.4) is 0 Å². The van der Waals surface area contributed by atoms with Crippen LogP contribution in [0.2, 0.25) is 5.02 Å². The number of ether oxygens (including phenoxy) is 1. The van der Waals surface area contributed by atoms with Gasteiger partial charge in [0, 0.05) is 18.0 Å². The highest BCUT2D eigenvalue weighted by Crippen LogP contribution is 2.39. The quantitative estimate of drug-likeness (QED) is 0.766. The van der Waals surface area contributed by atoms with Crippen molar-refractivity contribution >= 4 is 17.6 Å². The summed E-state index contributed by atoms with van der Waals surface area (Å²) in [4.78, 5) is 10.5. The average Bonchev–Trinajstić information content (AvgIpc) is 2.32. The molecule has 7 heteroatoms. The molecule has 0 radical (unpaired) electrons. The van der Waals surface area contributed by atoms with E-state index in [1.54, 1.807) is 0 Å². The Morgan fingerprint density at radius 1 is 1.67 bits per heavy atom. The van der Waals surface area contributed by atoms with E-state index < -0.39 is 23.6 Å². The van der Waals surface area contributed by atoms with E-state index in [9.17, 15) is 14.3 Å². The van der Waals surface area contributed by atoms with Gasteiger partial charge in [-0.1, -0.05) is 11.6 Å². The number of carboxylic acids is 1. The maximum absolute atomic E-state index is 13.7. The highest BCUT2D eigenvalue weighted by molar-refractivity contribution is 6.32. The van der Waals surface area contributed by atoms with E-state index in [1.165, 1.54) is 13.2 Å². The number of rotatable bonds is 5. The molecule has 0 saturated carbocycles. The molecule has 0 fully saturated rings. The van der Waals surface area contributed by atoms with Crippen molar-refractivity contribution < 1.29 is 24.1 Å². The molecule has 0 saturated heterocycles. The van der Waals surface area contributed by atoms with Gasteiger partial charge in [-0.2, -0.15) is 4.39 Å². The van der Waals surface area contributed by atoms with Crippen LogP contribution in [0, 0.1) is 5.82 Å². The molecular formula is C11H13ClFNO4. The summed E-state index contributed by atoms with van der Waals surface area (Å²) in [7, 11) is 1.22. The van der Waals surface area contributed by atoms with Crippen molar-refractivity contribution in [3.05, 3.63) is 22.5 Å². The second-order valence-corrected chi connectivity index (χ2v) is 4.09. The van der Waals surface area contributed by atoms with Crippen molar-refractivity contribution in [3.63, 3.8) is 0 Å².